The molecule has 1 amide bonds. The number of hydrogen-bond donors (Lipinski definition) is 1. The van der Waals surface area contributed by atoms with Crippen molar-refractivity contribution in [2.45, 2.75) is 58.4 Å². The van der Waals surface area contributed by atoms with Gasteiger partial charge in [0.15, 0.2) is 15.8 Å². The third-order valence-electron chi connectivity index (χ3n) is 4.41. The molecule has 2 rings (SSSR count). The van der Waals surface area contributed by atoms with Gasteiger partial charge in [-0.15, -0.1) is 0 Å². The van der Waals surface area contributed by atoms with Crippen molar-refractivity contribution >= 4 is 21.7 Å². The van der Waals surface area contributed by atoms with Gasteiger partial charge in [0, 0.05) is 0 Å². The highest BCUT2D eigenvalue weighted by Crippen LogP contribution is 2.29. The molecule has 0 fully saturated rings. The van der Waals surface area contributed by atoms with E-state index in [2.05, 4.69) is 18.8 Å². The van der Waals surface area contributed by atoms with Crippen LogP contribution in [0.5, 0.6) is 0 Å². The molecule has 144 valence electrons. The SMILES string of the molecule is CCCS(=O)(=O)Cc1ccc(CN2C(=O)C(C)(CC(C)C)N=C2N)cc1. The smallest absolute Gasteiger partial charge is 0.257 e. The van der Waals surface area contributed by atoms with Gasteiger partial charge in [-0.2, -0.15) is 0 Å². The third kappa shape index (κ3) is 4.84. The number of nitrogens with two attached hydrogens (primary N) is 1. The molecular weight excluding hydrogens is 350 g/mol. The van der Waals surface area contributed by atoms with Crippen LogP contribution in [0.2, 0.25) is 0 Å². The van der Waals surface area contributed by atoms with Crippen molar-refractivity contribution in [3.63, 3.8) is 0 Å². The lowest BCUT2D eigenvalue weighted by Gasteiger charge is -2.23. The first-order chi connectivity index (χ1) is 12.1. The number of guanidine groups is 1. The lowest BCUT2D eigenvalue weighted by molar-refractivity contribution is -0.131. The zero-order valence-corrected chi connectivity index (χ0v) is 16.8. The minimum Gasteiger partial charge on any atom is -0.369 e. The van der Waals surface area contributed by atoms with Gasteiger partial charge >= 0.3 is 0 Å². The Labute approximate surface area is 156 Å². The molecule has 0 radical (unpaired) electrons. The molecule has 1 aliphatic rings. The monoisotopic (exact) mass is 379 g/mol. The van der Waals surface area contributed by atoms with Gasteiger partial charge < -0.3 is 5.73 Å². The highest BCUT2D eigenvalue weighted by atomic mass is 32.2. The average molecular weight is 380 g/mol. The first-order valence-electron chi connectivity index (χ1n) is 9.02. The van der Waals surface area contributed by atoms with Gasteiger partial charge in [0.05, 0.1) is 18.1 Å². The lowest BCUT2D eigenvalue weighted by atomic mass is 9.91. The number of benzene rings is 1. The quantitative estimate of drug-likeness (QED) is 0.751. The van der Waals surface area contributed by atoms with Gasteiger partial charge in [0.25, 0.3) is 5.91 Å². The Hall–Kier alpha value is -1.89. The highest BCUT2D eigenvalue weighted by molar-refractivity contribution is 7.90. The number of nitrogens with zero attached hydrogens (tertiary/aromatic N) is 2. The van der Waals surface area contributed by atoms with Crippen LogP contribution in [0.1, 0.15) is 51.7 Å². The van der Waals surface area contributed by atoms with Gasteiger partial charge in [-0.3, -0.25) is 9.69 Å². The van der Waals surface area contributed by atoms with Crippen LogP contribution in [-0.2, 0) is 26.9 Å². The summed E-state index contributed by atoms with van der Waals surface area (Å²) >= 11 is 0. The van der Waals surface area contributed by atoms with Gasteiger partial charge in [0.2, 0.25) is 0 Å². The fraction of sp³-hybridized carbons (Fsp3) is 0.579. The van der Waals surface area contributed by atoms with Gasteiger partial charge in [-0.1, -0.05) is 45.0 Å². The first-order valence-corrected chi connectivity index (χ1v) is 10.8. The van der Waals surface area contributed by atoms with Crippen LogP contribution in [0, 0.1) is 5.92 Å². The number of rotatable bonds is 8. The first kappa shape index (κ1) is 20.4. The van der Waals surface area contributed by atoms with E-state index in [1.165, 1.54) is 4.90 Å². The van der Waals surface area contributed by atoms with Crippen LogP contribution < -0.4 is 5.73 Å². The molecule has 0 aliphatic carbocycles. The maximum atomic E-state index is 12.8. The average Bonchev–Trinajstić information content (AvgIpc) is 2.71. The Bertz CT molecular complexity index is 785. The summed E-state index contributed by atoms with van der Waals surface area (Å²) in [5.41, 5.74) is 6.83. The number of amides is 1. The number of sulfone groups is 1. The molecular formula is C19H29N3O3S. The predicted octanol–water partition coefficient (Wildman–Crippen LogP) is 2.47. The Morgan fingerprint density at radius 1 is 1.19 bits per heavy atom. The molecule has 2 N–H and O–H groups in total. The Morgan fingerprint density at radius 3 is 2.31 bits per heavy atom. The van der Waals surface area contributed by atoms with Crippen LogP contribution in [0.25, 0.3) is 0 Å². The van der Waals surface area contributed by atoms with Gasteiger partial charge in [-0.25, -0.2) is 13.4 Å². The zero-order chi connectivity index (χ0) is 19.5. The van der Waals surface area contributed by atoms with E-state index in [0.29, 0.717) is 25.3 Å². The van der Waals surface area contributed by atoms with Crippen LogP contribution in [0.3, 0.4) is 0 Å². The molecule has 1 heterocycles. The second kappa shape index (κ2) is 7.78. The number of carbonyl (C=O) groups is 1. The largest absolute Gasteiger partial charge is 0.369 e. The molecule has 0 saturated heterocycles. The number of hydrogen-bond acceptors (Lipinski definition) is 5. The normalized spacial score (nSPS) is 20.7. The number of carbonyl (C=O) groups excluding carboxylic acids is 1. The van der Waals surface area contributed by atoms with E-state index >= 15 is 0 Å². The van der Waals surface area contributed by atoms with E-state index in [0.717, 1.165) is 11.1 Å². The van der Waals surface area contributed by atoms with E-state index in [-0.39, 0.29) is 23.4 Å². The van der Waals surface area contributed by atoms with E-state index in [1.54, 1.807) is 12.1 Å². The minimum atomic E-state index is -3.07. The molecule has 0 saturated carbocycles. The molecule has 0 spiro atoms. The predicted molar refractivity (Wildman–Crippen MR) is 104 cm³/mol. The highest BCUT2D eigenvalue weighted by Gasteiger charge is 2.43. The molecule has 1 atom stereocenters. The summed E-state index contributed by atoms with van der Waals surface area (Å²) in [7, 11) is -3.07. The van der Waals surface area contributed by atoms with Crippen molar-refractivity contribution in [1.82, 2.24) is 4.90 Å². The summed E-state index contributed by atoms with van der Waals surface area (Å²) < 4.78 is 23.8. The van der Waals surface area contributed by atoms with E-state index in [4.69, 9.17) is 5.73 Å². The van der Waals surface area contributed by atoms with Crippen LogP contribution in [0.4, 0.5) is 0 Å². The van der Waals surface area contributed by atoms with Crippen LogP contribution in [0.15, 0.2) is 29.3 Å². The molecule has 6 nitrogen and oxygen atoms in total. The molecule has 7 heteroatoms. The van der Waals surface area contributed by atoms with Crippen molar-refractivity contribution in [2.75, 3.05) is 5.75 Å². The fourth-order valence-electron chi connectivity index (χ4n) is 3.40. The summed E-state index contributed by atoms with van der Waals surface area (Å²) in [6, 6.07) is 7.28. The topological polar surface area (TPSA) is 92.8 Å². The molecule has 1 aliphatic heterocycles. The maximum absolute atomic E-state index is 12.8. The third-order valence-corrected chi connectivity index (χ3v) is 6.22. The fourth-order valence-corrected chi connectivity index (χ4v) is 4.86. The molecule has 1 aromatic carbocycles. The molecule has 1 aromatic rings. The van der Waals surface area contributed by atoms with Crippen molar-refractivity contribution in [3.05, 3.63) is 35.4 Å². The van der Waals surface area contributed by atoms with E-state index in [1.807, 2.05) is 26.0 Å². The minimum absolute atomic E-state index is 0.0415. The van der Waals surface area contributed by atoms with Gasteiger partial charge in [0.1, 0.15) is 5.54 Å². The summed E-state index contributed by atoms with van der Waals surface area (Å²) in [6.07, 6.45) is 1.27. The second-order valence-electron chi connectivity index (χ2n) is 7.64. The molecule has 0 aromatic heterocycles. The summed E-state index contributed by atoms with van der Waals surface area (Å²) in [4.78, 5) is 18.7. The van der Waals surface area contributed by atoms with Crippen molar-refractivity contribution in [3.8, 4) is 0 Å². The maximum Gasteiger partial charge on any atom is 0.257 e. The van der Waals surface area contributed by atoms with Crippen molar-refractivity contribution < 1.29 is 13.2 Å². The Morgan fingerprint density at radius 2 is 1.77 bits per heavy atom. The van der Waals surface area contributed by atoms with Gasteiger partial charge in [-0.05, 0) is 36.8 Å². The van der Waals surface area contributed by atoms with Crippen molar-refractivity contribution in [2.24, 2.45) is 16.6 Å². The molecule has 26 heavy (non-hydrogen) atoms. The lowest BCUT2D eigenvalue weighted by Crippen LogP contribution is -2.43. The van der Waals surface area contributed by atoms with Crippen LogP contribution >= 0.6 is 0 Å². The van der Waals surface area contributed by atoms with E-state index in [9.17, 15) is 13.2 Å². The Balaban J connectivity index is 2.08. The van der Waals surface area contributed by atoms with Crippen LogP contribution in [-0.4, -0.2) is 36.5 Å². The molecule has 0 bridgehead atoms. The summed E-state index contributed by atoms with van der Waals surface area (Å²) in [5, 5.41) is 0. The Kier molecular flexibility index (Phi) is 6.11. The van der Waals surface area contributed by atoms with E-state index < -0.39 is 15.4 Å². The standard InChI is InChI=1S/C19H29N3O3S/c1-5-10-26(24,25)13-16-8-6-15(7-9-16)12-22-17(23)19(4,11-14(2)3)21-18(22)20/h6-9,14H,5,10-13H2,1-4H3,(H2,20,21). The zero-order valence-electron chi connectivity index (χ0n) is 16.0. The molecule has 1 unspecified atom stereocenters. The summed E-state index contributed by atoms with van der Waals surface area (Å²) in [5.74, 6) is 0.731. The van der Waals surface area contributed by atoms with Crippen molar-refractivity contribution in [1.29, 1.82) is 0 Å². The second-order valence-corrected chi connectivity index (χ2v) is 9.83. The summed E-state index contributed by atoms with van der Waals surface area (Å²) in [6.45, 7) is 8.12. The number of aliphatic imine (C=N–C) groups is 1.